The number of hydrogen-bond acceptors (Lipinski definition) is 13. The van der Waals surface area contributed by atoms with Crippen molar-refractivity contribution in [2.24, 2.45) is 0 Å². The second-order valence-corrected chi connectivity index (χ2v) is 7.83. The van der Waals surface area contributed by atoms with Gasteiger partial charge in [-0.15, -0.1) is 0 Å². The second kappa shape index (κ2) is 10.5. The Hall–Kier alpha value is -1.94. The number of hydrogen-bond donors (Lipinski definition) is 7. The Labute approximate surface area is 189 Å². The highest BCUT2D eigenvalue weighted by Crippen LogP contribution is 2.42. The third-order valence-corrected chi connectivity index (χ3v) is 5.60. The molecule has 2 aliphatic rings. The largest absolute Gasteiger partial charge is 0.504 e. The third-order valence-electron chi connectivity index (χ3n) is 5.60. The Balaban J connectivity index is 1.72. The third kappa shape index (κ3) is 5.26. The molecule has 13 heteroatoms. The molecule has 2 aliphatic heterocycles. The molecule has 1 aromatic carbocycles. The molecule has 1 aromatic rings. The molecule has 2 fully saturated rings. The van der Waals surface area contributed by atoms with Gasteiger partial charge >= 0.3 is 0 Å². The summed E-state index contributed by atoms with van der Waals surface area (Å²) >= 11 is 0. The van der Waals surface area contributed by atoms with Crippen LogP contribution in [0.5, 0.6) is 23.0 Å². The van der Waals surface area contributed by atoms with Gasteiger partial charge in [-0.05, 0) is 6.92 Å². The van der Waals surface area contributed by atoms with E-state index < -0.39 is 73.8 Å². The fourth-order valence-electron chi connectivity index (χ4n) is 3.56. The lowest BCUT2D eigenvalue weighted by atomic mass is 9.98. The maximum absolute atomic E-state index is 10.3. The molecule has 0 radical (unpaired) electrons. The average molecular weight is 478 g/mol. The highest BCUT2D eigenvalue weighted by Gasteiger charge is 2.47. The van der Waals surface area contributed by atoms with Crippen molar-refractivity contribution in [1.82, 2.24) is 0 Å². The van der Waals surface area contributed by atoms with Crippen molar-refractivity contribution in [2.75, 3.05) is 20.8 Å². The lowest BCUT2D eigenvalue weighted by Crippen LogP contribution is -2.61. The monoisotopic (exact) mass is 478 g/mol. The molecule has 13 nitrogen and oxygen atoms in total. The zero-order chi connectivity index (χ0) is 24.4. The van der Waals surface area contributed by atoms with Crippen LogP contribution in [0.25, 0.3) is 0 Å². The number of benzene rings is 1. The summed E-state index contributed by atoms with van der Waals surface area (Å²) in [5.41, 5.74) is 0. The molecule has 0 aliphatic carbocycles. The first-order valence-electron chi connectivity index (χ1n) is 10.2. The van der Waals surface area contributed by atoms with Crippen LogP contribution in [0, 0.1) is 0 Å². The number of aliphatic hydroxyl groups is 6. The molecule has 10 atom stereocenters. The lowest BCUT2D eigenvalue weighted by Gasteiger charge is -2.42. The van der Waals surface area contributed by atoms with Crippen molar-refractivity contribution >= 4 is 0 Å². The molecule has 2 heterocycles. The first-order chi connectivity index (χ1) is 15.6. The van der Waals surface area contributed by atoms with Gasteiger partial charge in [0.25, 0.3) is 0 Å². The van der Waals surface area contributed by atoms with Gasteiger partial charge in [0.05, 0.1) is 26.9 Å². The Morgan fingerprint density at radius 2 is 1.42 bits per heavy atom. The number of methoxy groups -OCH3 is 2. The summed E-state index contributed by atoms with van der Waals surface area (Å²) in [4.78, 5) is 0. The molecule has 33 heavy (non-hydrogen) atoms. The molecular weight excluding hydrogens is 448 g/mol. The second-order valence-electron chi connectivity index (χ2n) is 7.83. The number of rotatable bonds is 7. The van der Waals surface area contributed by atoms with Crippen LogP contribution in [-0.4, -0.2) is 118 Å². The Morgan fingerprint density at radius 1 is 0.788 bits per heavy atom. The number of phenols is 1. The van der Waals surface area contributed by atoms with Crippen LogP contribution in [0.2, 0.25) is 0 Å². The van der Waals surface area contributed by atoms with Gasteiger partial charge < -0.3 is 64.2 Å². The van der Waals surface area contributed by atoms with Crippen molar-refractivity contribution < 1.29 is 64.2 Å². The van der Waals surface area contributed by atoms with E-state index in [-0.39, 0.29) is 17.2 Å². The van der Waals surface area contributed by atoms with Gasteiger partial charge in [0.2, 0.25) is 12.0 Å². The summed E-state index contributed by atoms with van der Waals surface area (Å²) in [5, 5.41) is 70.9. The molecule has 7 N–H and O–H groups in total. The Morgan fingerprint density at radius 3 is 2.06 bits per heavy atom. The van der Waals surface area contributed by atoms with E-state index in [9.17, 15) is 35.7 Å². The van der Waals surface area contributed by atoms with E-state index in [1.165, 1.54) is 33.3 Å². The fourth-order valence-corrected chi connectivity index (χ4v) is 3.56. The highest BCUT2D eigenvalue weighted by atomic mass is 16.7. The molecule has 0 amide bonds. The van der Waals surface area contributed by atoms with Gasteiger partial charge in [-0.3, -0.25) is 0 Å². The van der Waals surface area contributed by atoms with Crippen LogP contribution in [0.15, 0.2) is 12.1 Å². The van der Waals surface area contributed by atoms with E-state index in [0.29, 0.717) is 0 Å². The molecule has 0 aromatic heterocycles. The summed E-state index contributed by atoms with van der Waals surface area (Å²) in [6, 6.07) is 2.65. The van der Waals surface area contributed by atoms with E-state index in [2.05, 4.69) is 0 Å². The summed E-state index contributed by atoms with van der Waals surface area (Å²) in [5.74, 6) is -0.273. The lowest BCUT2D eigenvalue weighted by molar-refractivity contribution is -0.318. The normalized spacial score (nSPS) is 39.2. The zero-order valence-corrected chi connectivity index (χ0v) is 18.2. The molecule has 0 bridgehead atoms. The van der Waals surface area contributed by atoms with Crippen molar-refractivity contribution in [3.63, 3.8) is 0 Å². The minimum absolute atomic E-state index is 0.0522. The van der Waals surface area contributed by atoms with E-state index in [1.807, 2.05) is 0 Å². The van der Waals surface area contributed by atoms with Crippen LogP contribution >= 0.6 is 0 Å². The molecule has 3 rings (SSSR count). The van der Waals surface area contributed by atoms with Crippen LogP contribution in [0.1, 0.15) is 6.92 Å². The van der Waals surface area contributed by atoms with Gasteiger partial charge in [-0.1, -0.05) is 0 Å². The van der Waals surface area contributed by atoms with Gasteiger partial charge in [0.15, 0.2) is 17.8 Å². The molecule has 0 saturated carbocycles. The molecular formula is C20H30O13. The molecule has 0 spiro atoms. The first kappa shape index (κ1) is 25.7. The predicted octanol–water partition coefficient (Wildman–Crippen LogP) is -2.56. The zero-order valence-electron chi connectivity index (χ0n) is 18.2. The van der Waals surface area contributed by atoms with Crippen LogP contribution in [0.4, 0.5) is 0 Å². The van der Waals surface area contributed by atoms with E-state index in [0.717, 1.165) is 0 Å². The standard InChI is InChI=1S/C20H30O13/c1-7-12(22)14(24)16(26)19(31-7)30-6-11-13(23)15(25)17(27)20(32-11)33-18-9(21)4-8(28-2)5-10(18)29-3/h4-5,7,11-17,19-27H,6H2,1-3H3/t7-,11+,12-,13+,14+,15-,16+,17+,19+,20-/m0/s1. The minimum Gasteiger partial charge on any atom is -0.504 e. The molecule has 188 valence electrons. The Bertz CT molecular complexity index is 791. The smallest absolute Gasteiger partial charge is 0.229 e. The number of aliphatic hydroxyl groups excluding tert-OH is 6. The first-order valence-corrected chi connectivity index (χ1v) is 10.2. The van der Waals surface area contributed by atoms with Crippen molar-refractivity contribution in [3.8, 4) is 23.0 Å². The number of phenolic OH excluding ortho intramolecular Hbond substituents is 1. The van der Waals surface area contributed by atoms with Gasteiger partial charge in [0.1, 0.15) is 48.5 Å². The SMILES string of the molecule is COc1cc(O)c(O[C@@H]2O[C@H](CO[C@@H]3O[C@@H](C)[C@H](O)[C@@H](O)[C@H]3O)[C@@H](O)[C@H](O)[C@H]2O)c(OC)c1. The number of aromatic hydroxyl groups is 1. The minimum atomic E-state index is -1.72. The maximum Gasteiger partial charge on any atom is 0.229 e. The van der Waals surface area contributed by atoms with Gasteiger partial charge in [0, 0.05) is 12.1 Å². The van der Waals surface area contributed by atoms with Crippen molar-refractivity contribution in [1.29, 1.82) is 0 Å². The van der Waals surface area contributed by atoms with Crippen LogP contribution in [0.3, 0.4) is 0 Å². The van der Waals surface area contributed by atoms with Crippen molar-refractivity contribution in [2.45, 2.75) is 68.3 Å². The quantitative estimate of drug-likeness (QED) is 0.216. The van der Waals surface area contributed by atoms with Crippen LogP contribution in [-0.2, 0) is 14.2 Å². The molecule has 0 unspecified atom stereocenters. The van der Waals surface area contributed by atoms with Crippen molar-refractivity contribution in [3.05, 3.63) is 12.1 Å². The average Bonchev–Trinajstić information content (AvgIpc) is 2.80. The topological polar surface area (TPSA) is 197 Å². The summed E-state index contributed by atoms with van der Waals surface area (Å²) in [6.07, 6.45) is -14.5. The maximum atomic E-state index is 10.3. The fraction of sp³-hybridized carbons (Fsp3) is 0.700. The Kier molecular flexibility index (Phi) is 8.21. The molecule has 2 saturated heterocycles. The summed E-state index contributed by atoms with van der Waals surface area (Å²) in [6.45, 7) is 1.02. The number of ether oxygens (including phenoxy) is 6. The summed E-state index contributed by atoms with van der Waals surface area (Å²) in [7, 11) is 2.70. The van der Waals surface area contributed by atoms with E-state index in [1.54, 1.807) is 0 Å². The van der Waals surface area contributed by atoms with Gasteiger partial charge in [-0.25, -0.2) is 0 Å². The van der Waals surface area contributed by atoms with Gasteiger partial charge in [-0.2, -0.15) is 0 Å². The predicted molar refractivity (Wildman–Crippen MR) is 107 cm³/mol. The van der Waals surface area contributed by atoms with E-state index in [4.69, 9.17) is 28.4 Å². The summed E-state index contributed by atoms with van der Waals surface area (Å²) < 4.78 is 32.0. The highest BCUT2D eigenvalue weighted by molar-refractivity contribution is 5.55. The van der Waals surface area contributed by atoms with Crippen LogP contribution < -0.4 is 14.2 Å². The van der Waals surface area contributed by atoms with E-state index >= 15 is 0 Å².